The Kier molecular flexibility index (Phi) is 4.63. The van der Waals surface area contributed by atoms with Crippen LogP contribution in [0.15, 0.2) is 48.5 Å². The van der Waals surface area contributed by atoms with Crippen molar-refractivity contribution in [1.82, 2.24) is 5.32 Å². The Morgan fingerprint density at radius 1 is 1.04 bits per heavy atom. The van der Waals surface area contributed by atoms with Gasteiger partial charge in [-0.05, 0) is 36.6 Å². The van der Waals surface area contributed by atoms with Crippen molar-refractivity contribution in [2.24, 2.45) is 0 Å². The standard InChI is InChI=1S/C18H17ClN2O2/c19-15-7-3-1-5-12(15)11-17(22)21-16-8-4-2-6-14(16)18(23)20-13-9-10-13/h1-8,13H,9-11H2,(H,20,23)(H,21,22). The van der Waals surface area contributed by atoms with Crippen LogP contribution in [0.5, 0.6) is 0 Å². The lowest BCUT2D eigenvalue weighted by Crippen LogP contribution is -2.27. The molecule has 0 atom stereocenters. The Bertz CT molecular complexity index is 741. The molecule has 118 valence electrons. The fourth-order valence-electron chi connectivity index (χ4n) is 2.29. The molecular weight excluding hydrogens is 312 g/mol. The number of halogens is 1. The van der Waals surface area contributed by atoms with Crippen molar-refractivity contribution in [3.8, 4) is 0 Å². The van der Waals surface area contributed by atoms with Gasteiger partial charge >= 0.3 is 0 Å². The molecule has 0 unspecified atom stereocenters. The number of anilines is 1. The summed E-state index contributed by atoms with van der Waals surface area (Å²) in [6, 6.07) is 14.5. The smallest absolute Gasteiger partial charge is 0.253 e. The summed E-state index contributed by atoms with van der Waals surface area (Å²) >= 11 is 6.07. The molecule has 0 spiro atoms. The summed E-state index contributed by atoms with van der Waals surface area (Å²) in [6.45, 7) is 0. The van der Waals surface area contributed by atoms with Crippen LogP contribution >= 0.6 is 11.6 Å². The van der Waals surface area contributed by atoms with E-state index in [2.05, 4.69) is 10.6 Å². The van der Waals surface area contributed by atoms with Crippen molar-refractivity contribution in [3.63, 3.8) is 0 Å². The molecule has 0 radical (unpaired) electrons. The molecule has 2 aromatic carbocycles. The van der Waals surface area contributed by atoms with Gasteiger partial charge in [0, 0.05) is 11.1 Å². The van der Waals surface area contributed by atoms with Gasteiger partial charge in [0.2, 0.25) is 5.91 Å². The Hall–Kier alpha value is -2.33. The SMILES string of the molecule is O=C(Cc1ccccc1Cl)Nc1ccccc1C(=O)NC1CC1. The van der Waals surface area contributed by atoms with Crippen LogP contribution in [0.2, 0.25) is 5.02 Å². The molecule has 0 saturated heterocycles. The van der Waals surface area contributed by atoms with E-state index < -0.39 is 0 Å². The van der Waals surface area contributed by atoms with Crippen LogP contribution in [0, 0.1) is 0 Å². The first-order chi connectivity index (χ1) is 11.1. The highest BCUT2D eigenvalue weighted by Crippen LogP contribution is 2.22. The molecule has 3 rings (SSSR count). The zero-order valence-corrected chi connectivity index (χ0v) is 13.3. The number of benzene rings is 2. The molecule has 5 heteroatoms. The van der Waals surface area contributed by atoms with Gasteiger partial charge < -0.3 is 10.6 Å². The van der Waals surface area contributed by atoms with E-state index in [0.29, 0.717) is 16.3 Å². The fourth-order valence-corrected chi connectivity index (χ4v) is 2.49. The van der Waals surface area contributed by atoms with E-state index in [-0.39, 0.29) is 24.3 Å². The summed E-state index contributed by atoms with van der Waals surface area (Å²) in [4.78, 5) is 24.5. The lowest BCUT2D eigenvalue weighted by molar-refractivity contribution is -0.115. The maximum Gasteiger partial charge on any atom is 0.253 e. The lowest BCUT2D eigenvalue weighted by Gasteiger charge is -2.11. The topological polar surface area (TPSA) is 58.2 Å². The molecule has 0 heterocycles. The maximum absolute atomic E-state index is 12.2. The number of amides is 2. The van der Waals surface area contributed by atoms with E-state index >= 15 is 0 Å². The van der Waals surface area contributed by atoms with Gasteiger partial charge in [0.05, 0.1) is 17.7 Å². The van der Waals surface area contributed by atoms with Gasteiger partial charge in [-0.1, -0.05) is 41.9 Å². The van der Waals surface area contributed by atoms with Crippen LogP contribution in [0.4, 0.5) is 5.69 Å². The van der Waals surface area contributed by atoms with Gasteiger partial charge in [-0.15, -0.1) is 0 Å². The second-order valence-corrected chi connectivity index (χ2v) is 6.02. The van der Waals surface area contributed by atoms with Gasteiger partial charge in [0.1, 0.15) is 0 Å². The average Bonchev–Trinajstić information content (AvgIpc) is 3.34. The van der Waals surface area contributed by atoms with Crippen molar-refractivity contribution in [2.75, 3.05) is 5.32 Å². The van der Waals surface area contributed by atoms with Gasteiger partial charge in [-0.25, -0.2) is 0 Å². The van der Waals surface area contributed by atoms with E-state index in [1.165, 1.54) is 0 Å². The molecular formula is C18H17ClN2O2. The number of hydrogen-bond donors (Lipinski definition) is 2. The van der Waals surface area contributed by atoms with Crippen molar-refractivity contribution in [3.05, 3.63) is 64.7 Å². The molecule has 0 aromatic heterocycles. The minimum Gasteiger partial charge on any atom is -0.349 e. The second kappa shape index (κ2) is 6.84. The molecule has 1 aliphatic rings. The third-order valence-electron chi connectivity index (χ3n) is 3.67. The lowest BCUT2D eigenvalue weighted by atomic mass is 10.1. The summed E-state index contributed by atoms with van der Waals surface area (Å²) in [5, 5.41) is 6.29. The molecule has 0 aliphatic heterocycles. The summed E-state index contributed by atoms with van der Waals surface area (Å²) in [5.41, 5.74) is 1.75. The molecule has 4 nitrogen and oxygen atoms in total. The predicted molar refractivity (Wildman–Crippen MR) is 90.7 cm³/mol. The van der Waals surface area contributed by atoms with Gasteiger partial charge in [-0.3, -0.25) is 9.59 Å². The first-order valence-corrected chi connectivity index (χ1v) is 7.94. The van der Waals surface area contributed by atoms with Gasteiger partial charge in [0.15, 0.2) is 0 Å². The fraction of sp³-hybridized carbons (Fsp3) is 0.222. The van der Waals surface area contributed by atoms with E-state index in [9.17, 15) is 9.59 Å². The highest BCUT2D eigenvalue weighted by Gasteiger charge is 2.25. The Balaban J connectivity index is 1.70. The quantitative estimate of drug-likeness (QED) is 0.883. The van der Waals surface area contributed by atoms with Crippen LogP contribution in [-0.2, 0) is 11.2 Å². The van der Waals surface area contributed by atoms with Crippen LogP contribution < -0.4 is 10.6 Å². The van der Waals surface area contributed by atoms with Crippen LogP contribution in [0.25, 0.3) is 0 Å². The highest BCUT2D eigenvalue weighted by atomic mass is 35.5. The monoisotopic (exact) mass is 328 g/mol. The molecule has 23 heavy (non-hydrogen) atoms. The van der Waals surface area contributed by atoms with Crippen molar-refractivity contribution in [2.45, 2.75) is 25.3 Å². The number of hydrogen-bond acceptors (Lipinski definition) is 2. The summed E-state index contributed by atoms with van der Waals surface area (Å²) in [7, 11) is 0. The van der Waals surface area contributed by atoms with E-state index in [1.54, 1.807) is 30.3 Å². The minimum atomic E-state index is -0.204. The Morgan fingerprint density at radius 3 is 2.48 bits per heavy atom. The summed E-state index contributed by atoms with van der Waals surface area (Å²) in [6.07, 6.45) is 2.21. The van der Waals surface area contributed by atoms with Gasteiger partial charge in [0.25, 0.3) is 5.91 Å². The zero-order chi connectivity index (χ0) is 16.2. The zero-order valence-electron chi connectivity index (χ0n) is 12.5. The van der Waals surface area contributed by atoms with E-state index in [1.807, 2.05) is 18.2 Å². The van der Waals surface area contributed by atoms with Crippen molar-refractivity contribution < 1.29 is 9.59 Å². The molecule has 1 aliphatic carbocycles. The average molecular weight is 329 g/mol. The number of para-hydroxylation sites is 1. The normalized spacial score (nSPS) is 13.4. The molecule has 1 saturated carbocycles. The number of rotatable bonds is 5. The number of carbonyl (C=O) groups excluding carboxylic acids is 2. The summed E-state index contributed by atoms with van der Waals surface area (Å²) in [5.74, 6) is -0.356. The van der Waals surface area contributed by atoms with Crippen LogP contribution in [0.3, 0.4) is 0 Å². The van der Waals surface area contributed by atoms with E-state index in [0.717, 1.165) is 18.4 Å². The molecule has 2 N–H and O–H groups in total. The third-order valence-corrected chi connectivity index (χ3v) is 4.04. The van der Waals surface area contributed by atoms with Crippen LogP contribution in [-0.4, -0.2) is 17.9 Å². The predicted octanol–water partition coefficient (Wildman–Crippen LogP) is 3.41. The first kappa shape index (κ1) is 15.6. The Morgan fingerprint density at radius 2 is 1.74 bits per heavy atom. The third kappa shape index (κ3) is 4.11. The molecule has 0 bridgehead atoms. The number of nitrogens with one attached hydrogen (secondary N) is 2. The molecule has 2 aromatic rings. The first-order valence-electron chi connectivity index (χ1n) is 7.56. The van der Waals surface area contributed by atoms with Crippen molar-refractivity contribution in [1.29, 1.82) is 0 Å². The van der Waals surface area contributed by atoms with Gasteiger partial charge in [-0.2, -0.15) is 0 Å². The highest BCUT2D eigenvalue weighted by molar-refractivity contribution is 6.31. The molecule has 2 amide bonds. The Labute approximate surface area is 139 Å². The largest absolute Gasteiger partial charge is 0.349 e. The number of carbonyl (C=O) groups is 2. The van der Waals surface area contributed by atoms with E-state index in [4.69, 9.17) is 11.6 Å². The van der Waals surface area contributed by atoms with Crippen LogP contribution in [0.1, 0.15) is 28.8 Å². The maximum atomic E-state index is 12.2. The van der Waals surface area contributed by atoms with Crippen molar-refractivity contribution >= 4 is 29.1 Å². The summed E-state index contributed by atoms with van der Waals surface area (Å²) < 4.78 is 0. The minimum absolute atomic E-state index is 0.152. The second-order valence-electron chi connectivity index (χ2n) is 5.61. The molecule has 1 fully saturated rings.